The lowest BCUT2D eigenvalue weighted by atomic mass is 10.1. The molecule has 3 N–H and O–H groups in total. The standard InChI is InChI=1S/C16H15F3N2O3/c17-11-6-4-10(5-7-11)14(22)9-20-16(23)21-12-2-1-3-13(8-12)24-15(18)19/h1-8,14-15,22H,9H2,(H2,20,21,23). The average Bonchev–Trinajstić information content (AvgIpc) is 2.53. The molecule has 0 radical (unpaired) electrons. The zero-order valence-electron chi connectivity index (χ0n) is 12.4. The predicted molar refractivity (Wildman–Crippen MR) is 81.5 cm³/mol. The lowest BCUT2D eigenvalue weighted by Crippen LogP contribution is -2.32. The van der Waals surface area contributed by atoms with E-state index in [0.29, 0.717) is 5.56 Å². The van der Waals surface area contributed by atoms with Crippen LogP contribution < -0.4 is 15.4 Å². The van der Waals surface area contributed by atoms with Crippen LogP contribution in [-0.4, -0.2) is 24.3 Å². The second-order valence-electron chi connectivity index (χ2n) is 4.81. The predicted octanol–water partition coefficient (Wildman–Crippen LogP) is 3.28. The van der Waals surface area contributed by atoms with Crippen LogP contribution in [0.1, 0.15) is 11.7 Å². The molecule has 0 aromatic heterocycles. The Balaban J connectivity index is 1.85. The van der Waals surface area contributed by atoms with Gasteiger partial charge in [0.05, 0.1) is 6.10 Å². The number of carbonyl (C=O) groups is 1. The Labute approximate surface area is 136 Å². The van der Waals surface area contributed by atoms with E-state index in [0.717, 1.165) is 0 Å². The van der Waals surface area contributed by atoms with E-state index in [1.54, 1.807) is 0 Å². The number of amides is 2. The second-order valence-corrected chi connectivity index (χ2v) is 4.81. The molecule has 128 valence electrons. The molecule has 24 heavy (non-hydrogen) atoms. The third kappa shape index (κ3) is 5.47. The van der Waals surface area contributed by atoms with E-state index in [9.17, 15) is 23.1 Å². The quantitative estimate of drug-likeness (QED) is 0.756. The first kappa shape index (κ1) is 17.6. The minimum Gasteiger partial charge on any atom is -0.435 e. The normalized spacial score (nSPS) is 11.9. The van der Waals surface area contributed by atoms with Crippen LogP contribution in [0.25, 0.3) is 0 Å². The van der Waals surface area contributed by atoms with E-state index in [-0.39, 0.29) is 18.0 Å². The topological polar surface area (TPSA) is 70.6 Å². The van der Waals surface area contributed by atoms with Gasteiger partial charge < -0.3 is 20.5 Å². The number of carbonyl (C=O) groups excluding carboxylic acids is 1. The molecular formula is C16H15F3N2O3. The first-order valence-corrected chi connectivity index (χ1v) is 6.97. The molecule has 2 rings (SSSR count). The van der Waals surface area contributed by atoms with Crippen molar-refractivity contribution in [2.24, 2.45) is 0 Å². The second kappa shape index (κ2) is 8.21. The van der Waals surface area contributed by atoms with Crippen molar-refractivity contribution in [2.75, 3.05) is 11.9 Å². The molecule has 2 amide bonds. The number of rotatable bonds is 6. The van der Waals surface area contributed by atoms with Crippen molar-refractivity contribution < 1.29 is 27.8 Å². The van der Waals surface area contributed by atoms with E-state index >= 15 is 0 Å². The molecule has 5 nitrogen and oxygen atoms in total. The summed E-state index contributed by atoms with van der Waals surface area (Å²) < 4.78 is 41.3. The lowest BCUT2D eigenvalue weighted by Gasteiger charge is -2.13. The van der Waals surface area contributed by atoms with Gasteiger partial charge in [0.1, 0.15) is 11.6 Å². The Morgan fingerprint density at radius 2 is 1.88 bits per heavy atom. The molecule has 1 unspecified atom stereocenters. The van der Waals surface area contributed by atoms with Crippen molar-refractivity contribution in [3.63, 3.8) is 0 Å². The Morgan fingerprint density at radius 1 is 1.17 bits per heavy atom. The van der Waals surface area contributed by atoms with E-state index in [1.165, 1.54) is 48.5 Å². The summed E-state index contributed by atoms with van der Waals surface area (Å²) in [5.41, 5.74) is 0.700. The number of ether oxygens (including phenoxy) is 1. The number of hydrogen-bond donors (Lipinski definition) is 3. The van der Waals surface area contributed by atoms with Gasteiger partial charge in [-0.15, -0.1) is 0 Å². The summed E-state index contributed by atoms with van der Waals surface area (Å²) in [5, 5.41) is 14.7. The molecule has 0 heterocycles. The maximum Gasteiger partial charge on any atom is 0.387 e. The van der Waals surface area contributed by atoms with Crippen LogP contribution in [0.2, 0.25) is 0 Å². The molecular weight excluding hydrogens is 325 g/mol. The number of urea groups is 1. The molecule has 2 aromatic carbocycles. The zero-order chi connectivity index (χ0) is 17.5. The number of aliphatic hydroxyl groups excluding tert-OH is 1. The highest BCUT2D eigenvalue weighted by Crippen LogP contribution is 2.19. The minimum absolute atomic E-state index is 0.0888. The fourth-order valence-corrected chi connectivity index (χ4v) is 1.92. The van der Waals surface area contributed by atoms with Gasteiger partial charge in [-0.05, 0) is 29.8 Å². The summed E-state index contributed by atoms with van der Waals surface area (Å²) >= 11 is 0. The molecule has 1 atom stereocenters. The maximum absolute atomic E-state index is 12.8. The van der Waals surface area contributed by atoms with E-state index in [4.69, 9.17) is 0 Å². The Morgan fingerprint density at radius 3 is 2.54 bits per heavy atom. The summed E-state index contributed by atoms with van der Waals surface area (Å²) in [6, 6.07) is 10.1. The van der Waals surface area contributed by atoms with Crippen LogP contribution >= 0.6 is 0 Å². The van der Waals surface area contributed by atoms with Gasteiger partial charge in [-0.2, -0.15) is 8.78 Å². The minimum atomic E-state index is -2.96. The van der Waals surface area contributed by atoms with Crippen LogP contribution in [0.5, 0.6) is 5.75 Å². The average molecular weight is 340 g/mol. The number of nitrogens with one attached hydrogen (secondary N) is 2. The van der Waals surface area contributed by atoms with Gasteiger partial charge in [-0.1, -0.05) is 18.2 Å². The summed E-state index contributed by atoms with van der Waals surface area (Å²) in [6.07, 6.45) is -1.01. The number of benzene rings is 2. The van der Waals surface area contributed by atoms with Gasteiger partial charge in [0, 0.05) is 18.3 Å². The Kier molecular flexibility index (Phi) is 6.02. The zero-order valence-corrected chi connectivity index (χ0v) is 12.4. The van der Waals surface area contributed by atoms with Crippen LogP contribution in [0.4, 0.5) is 23.7 Å². The SMILES string of the molecule is O=C(NCC(O)c1ccc(F)cc1)Nc1cccc(OC(F)F)c1. The first-order valence-electron chi connectivity index (χ1n) is 6.97. The van der Waals surface area contributed by atoms with Gasteiger partial charge in [0.15, 0.2) is 0 Å². The molecule has 0 fully saturated rings. The van der Waals surface area contributed by atoms with Crippen molar-refractivity contribution in [1.29, 1.82) is 0 Å². The third-order valence-electron chi connectivity index (χ3n) is 3.03. The van der Waals surface area contributed by atoms with Gasteiger partial charge in [0.25, 0.3) is 0 Å². The van der Waals surface area contributed by atoms with Crippen molar-refractivity contribution in [1.82, 2.24) is 5.32 Å². The summed E-state index contributed by atoms with van der Waals surface area (Å²) in [6.45, 7) is -3.06. The van der Waals surface area contributed by atoms with Gasteiger partial charge >= 0.3 is 12.6 Å². The number of aliphatic hydroxyl groups is 1. The smallest absolute Gasteiger partial charge is 0.387 e. The van der Waals surface area contributed by atoms with E-state index < -0.39 is 24.6 Å². The number of anilines is 1. The number of hydrogen-bond acceptors (Lipinski definition) is 3. The highest BCUT2D eigenvalue weighted by atomic mass is 19.3. The molecule has 0 aliphatic carbocycles. The van der Waals surface area contributed by atoms with E-state index in [1.807, 2.05) is 0 Å². The first-order chi connectivity index (χ1) is 11.4. The highest BCUT2D eigenvalue weighted by molar-refractivity contribution is 5.89. The molecule has 0 saturated heterocycles. The lowest BCUT2D eigenvalue weighted by molar-refractivity contribution is -0.0498. The summed E-state index contributed by atoms with van der Waals surface area (Å²) in [4.78, 5) is 11.8. The highest BCUT2D eigenvalue weighted by Gasteiger charge is 2.10. The molecule has 2 aromatic rings. The van der Waals surface area contributed by atoms with Crippen LogP contribution in [-0.2, 0) is 0 Å². The summed E-state index contributed by atoms with van der Waals surface area (Å²) in [7, 11) is 0. The van der Waals surface area contributed by atoms with Crippen molar-refractivity contribution in [2.45, 2.75) is 12.7 Å². The monoisotopic (exact) mass is 340 g/mol. The fraction of sp³-hybridized carbons (Fsp3) is 0.188. The van der Waals surface area contributed by atoms with Crippen molar-refractivity contribution in [3.8, 4) is 5.75 Å². The molecule has 8 heteroatoms. The molecule has 0 spiro atoms. The van der Waals surface area contributed by atoms with Gasteiger partial charge in [-0.3, -0.25) is 0 Å². The Hall–Kier alpha value is -2.74. The van der Waals surface area contributed by atoms with Gasteiger partial charge in [-0.25, -0.2) is 9.18 Å². The van der Waals surface area contributed by atoms with Crippen LogP contribution in [0, 0.1) is 5.82 Å². The molecule has 0 aliphatic rings. The fourth-order valence-electron chi connectivity index (χ4n) is 1.92. The van der Waals surface area contributed by atoms with Crippen molar-refractivity contribution >= 4 is 11.7 Å². The molecule has 0 bridgehead atoms. The van der Waals surface area contributed by atoms with Crippen LogP contribution in [0.15, 0.2) is 48.5 Å². The Bertz CT molecular complexity index is 681. The molecule has 0 aliphatic heterocycles. The maximum atomic E-state index is 12.8. The number of halogens is 3. The van der Waals surface area contributed by atoms with E-state index in [2.05, 4.69) is 15.4 Å². The third-order valence-corrected chi connectivity index (χ3v) is 3.03. The molecule has 0 saturated carbocycles. The largest absolute Gasteiger partial charge is 0.435 e. The van der Waals surface area contributed by atoms with Crippen LogP contribution in [0.3, 0.4) is 0 Å². The van der Waals surface area contributed by atoms with Gasteiger partial charge in [0.2, 0.25) is 0 Å². The van der Waals surface area contributed by atoms with Crippen molar-refractivity contribution in [3.05, 3.63) is 59.9 Å². The summed E-state index contributed by atoms with van der Waals surface area (Å²) in [5.74, 6) is -0.517. The number of alkyl halides is 2.